The van der Waals surface area contributed by atoms with Crippen molar-refractivity contribution in [3.63, 3.8) is 0 Å². The molecule has 0 saturated heterocycles. The summed E-state index contributed by atoms with van der Waals surface area (Å²) in [5, 5.41) is 0. The third kappa shape index (κ3) is 2.41. The molecule has 0 atom stereocenters. The minimum Gasteiger partial charge on any atom is -0.282 e. The van der Waals surface area contributed by atoms with Crippen molar-refractivity contribution in [2.24, 2.45) is 0 Å². The first kappa shape index (κ1) is 14.7. The summed E-state index contributed by atoms with van der Waals surface area (Å²) < 4.78 is 34.0. The summed E-state index contributed by atoms with van der Waals surface area (Å²) in [4.78, 5) is 0.268. The fourth-order valence-corrected chi connectivity index (χ4v) is 5.07. The van der Waals surface area contributed by atoms with Crippen molar-refractivity contribution in [2.45, 2.75) is 80.4 Å². The van der Waals surface area contributed by atoms with E-state index in [4.69, 9.17) is 0 Å². The van der Waals surface area contributed by atoms with Crippen molar-refractivity contribution in [1.82, 2.24) is 0 Å². The van der Waals surface area contributed by atoms with Crippen LogP contribution in [0.4, 0.5) is 0 Å². The average molecular weight is 320 g/mol. The Morgan fingerprint density at radius 3 is 1.45 bits per heavy atom. The molecular weight excluding hydrogens is 296 g/mol. The molecule has 1 N–H and O–H groups in total. The molecule has 4 rings (SSSR count). The van der Waals surface area contributed by atoms with E-state index >= 15 is 0 Å². The van der Waals surface area contributed by atoms with Crippen LogP contribution in [0.2, 0.25) is 0 Å². The molecule has 0 radical (unpaired) electrons. The van der Waals surface area contributed by atoms with Gasteiger partial charge >= 0.3 is 0 Å². The average Bonchev–Trinajstić information content (AvgIpc) is 2.18. The van der Waals surface area contributed by atoms with E-state index in [-0.39, 0.29) is 4.90 Å². The molecule has 3 nitrogen and oxygen atoms in total. The largest absolute Gasteiger partial charge is 0.295 e. The summed E-state index contributed by atoms with van der Waals surface area (Å²) in [6.45, 7) is 0. The van der Waals surface area contributed by atoms with Crippen molar-refractivity contribution >= 4 is 10.1 Å². The fraction of sp³-hybridized carbons (Fsp3) is 0.667. The van der Waals surface area contributed by atoms with Gasteiger partial charge in [0.15, 0.2) is 0 Å². The molecule has 22 heavy (non-hydrogen) atoms. The molecule has 3 fully saturated rings. The second-order valence-corrected chi connectivity index (χ2v) is 8.75. The Labute approximate surface area is 132 Å². The second kappa shape index (κ2) is 5.34. The lowest BCUT2D eigenvalue weighted by Gasteiger charge is -2.35. The van der Waals surface area contributed by atoms with Crippen LogP contribution in [0.1, 0.15) is 92.2 Å². The lowest BCUT2D eigenvalue weighted by molar-refractivity contribution is 0.385. The van der Waals surface area contributed by atoms with Crippen molar-refractivity contribution in [3.05, 3.63) is 28.8 Å². The van der Waals surface area contributed by atoms with E-state index < -0.39 is 10.1 Å². The van der Waals surface area contributed by atoms with Crippen LogP contribution >= 0.6 is 0 Å². The molecule has 0 heterocycles. The molecule has 4 heteroatoms. The molecule has 0 spiro atoms. The van der Waals surface area contributed by atoms with Crippen LogP contribution in [-0.4, -0.2) is 13.0 Å². The first-order valence-electron chi connectivity index (χ1n) is 8.69. The summed E-state index contributed by atoms with van der Waals surface area (Å²) in [6, 6.07) is 4.22. The van der Waals surface area contributed by atoms with Crippen LogP contribution < -0.4 is 0 Å². The van der Waals surface area contributed by atoms with E-state index in [1.165, 1.54) is 37.7 Å². The van der Waals surface area contributed by atoms with E-state index in [1.54, 1.807) is 0 Å². The van der Waals surface area contributed by atoms with Gasteiger partial charge in [-0.2, -0.15) is 8.42 Å². The quantitative estimate of drug-likeness (QED) is 0.816. The van der Waals surface area contributed by atoms with Crippen molar-refractivity contribution < 1.29 is 13.0 Å². The molecule has 3 aliphatic carbocycles. The molecule has 0 bridgehead atoms. The van der Waals surface area contributed by atoms with Crippen LogP contribution in [0.15, 0.2) is 17.0 Å². The first-order chi connectivity index (χ1) is 10.5. The smallest absolute Gasteiger partial charge is 0.282 e. The lowest BCUT2D eigenvalue weighted by Crippen LogP contribution is -2.21. The van der Waals surface area contributed by atoms with E-state index in [1.807, 2.05) is 0 Å². The maximum Gasteiger partial charge on any atom is 0.295 e. The van der Waals surface area contributed by atoms with E-state index in [0.29, 0.717) is 17.8 Å². The predicted octanol–water partition coefficient (Wildman–Crippen LogP) is 4.74. The zero-order valence-corrected chi connectivity index (χ0v) is 13.7. The Morgan fingerprint density at radius 1 is 0.773 bits per heavy atom. The molecule has 0 aliphatic heterocycles. The number of hydrogen-bond acceptors (Lipinski definition) is 2. The first-order valence-corrected chi connectivity index (χ1v) is 10.1. The highest BCUT2D eigenvalue weighted by Crippen LogP contribution is 2.48. The van der Waals surface area contributed by atoms with Crippen molar-refractivity contribution in [2.75, 3.05) is 0 Å². The maximum absolute atomic E-state index is 12.1. The van der Waals surface area contributed by atoms with E-state index in [9.17, 15) is 13.0 Å². The highest BCUT2D eigenvalue weighted by molar-refractivity contribution is 7.86. The molecule has 120 valence electrons. The SMILES string of the molecule is O=S(=O)(O)c1c(C2CCC2)cc(C2CCC2)cc1C1CCC1. The van der Waals surface area contributed by atoms with Gasteiger partial charge in [-0.05, 0) is 73.0 Å². The number of hydrogen-bond donors (Lipinski definition) is 1. The molecule has 1 aromatic carbocycles. The Kier molecular flexibility index (Phi) is 3.57. The van der Waals surface area contributed by atoms with Gasteiger partial charge in [0, 0.05) is 0 Å². The topological polar surface area (TPSA) is 54.4 Å². The zero-order valence-electron chi connectivity index (χ0n) is 12.9. The van der Waals surface area contributed by atoms with Gasteiger partial charge in [0.25, 0.3) is 10.1 Å². The minimum atomic E-state index is -4.14. The molecule has 0 amide bonds. The van der Waals surface area contributed by atoms with Gasteiger partial charge in [-0.3, -0.25) is 4.55 Å². The summed E-state index contributed by atoms with van der Waals surface area (Å²) in [6.07, 6.45) is 10.3. The monoisotopic (exact) mass is 320 g/mol. The van der Waals surface area contributed by atoms with Crippen LogP contribution in [0, 0.1) is 0 Å². The van der Waals surface area contributed by atoms with Crippen molar-refractivity contribution in [3.8, 4) is 0 Å². The van der Waals surface area contributed by atoms with Crippen LogP contribution in [0.5, 0.6) is 0 Å². The Bertz CT molecular complexity index is 645. The molecule has 3 saturated carbocycles. The highest BCUT2D eigenvalue weighted by atomic mass is 32.2. The van der Waals surface area contributed by atoms with Gasteiger partial charge in [0.05, 0.1) is 0 Å². The van der Waals surface area contributed by atoms with Crippen LogP contribution in [-0.2, 0) is 10.1 Å². The maximum atomic E-state index is 12.1. The third-order valence-electron chi connectivity index (χ3n) is 6.09. The zero-order chi connectivity index (χ0) is 15.3. The Hall–Kier alpha value is -0.870. The third-order valence-corrected chi connectivity index (χ3v) is 7.08. The van der Waals surface area contributed by atoms with E-state index in [2.05, 4.69) is 12.1 Å². The van der Waals surface area contributed by atoms with Gasteiger partial charge in [-0.25, -0.2) is 0 Å². The Balaban J connectivity index is 1.88. The second-order valence-electron chi connectivity index (χ2n) is 7.39. The highest BCUT2D eigenvalue weighted by Gasteiger charge is 2.35. The summed E-state index contributed by atoms with van der Waals surface area (Å²) in [7, 11) is -4.14. The molecule has 0 unspecified atom stereocenters. The van der Waals surface area contributed by atoms with Crippen LogP contribution in [0.3, 0.4) is 0 Å². The number of benzene rings is 1. The molecule has 1 aromatic rings. The predicted molar refractivity (Wildman–Crippen MR) is 86.0 cm³/mol. The normalized spacial score (nSPS) is 23.7. The summed E-state index contributed by atoms with van der Waals surface area (Å²) in [5.41, 5.74) is 3.16. The van der Waals surface area contributed by atoms with Crippen LogP contribution in [0.25, 0.3) is 0 Å². The van der Waals surface area contributed by atoms with Gasteiger partial charge < -0.3 is 0 Å². The molecular formula is C18H24O3S. The van der Waals surface area contributed by atoms with Gasteiger partial charge in [-0.15, -0.1) is 0 Å². The minimum absolute atomic E-state index is 0.268. The van der Waals surface area contributed by atoms with Gasteiger partial charge in [-0.1, -0.05) is 31.4 Å². The molecule has 3 aliphatic rings. The van der Waals surface area contributed by atoms with Gasteiger partial charge in [0.1, 0.15) is 4.90 Å². The Morgan fingerprint density at radius 2 is 1.18 bits per heavy atom. The standard InChI is InChI=1S/C18H24O3S/c19-22(20,21)18-16(13-6-2-7-13)10-15(12-4-1-5-12)11-17(18)14-8-3-9-14/h10-14H,1-9H2,(H,19,20,21). The number of rotatable bonds is 4. The lowest BCUT2D eigenvalue weighted by atomic mass is 9.72. The molecule has 0 aromatic heterocycles. The van der Waals surface area contributed by atoms with Gasteiger partial charge in [0.2, 0.25) is 0 Å². The summed E-state index contributed by atoms with van der Waals surface area (Å²) in [5.74, 6) is 1.26. The fourth-order valence-electron chi connectivity index (χ4n) is 4.02. The van der Waals surface area contributed by atoms with E-state index in [0.717, 1.165) is 36.8 Å². The summed E-state index contributed by atoms with van der Waals surface area (Å²) >= 11 is 0. The van der Waals surface area contributed by atoms with Crippen molar-refractivity contribution in [1.29, 1.82) is 0 Å².